The first-order chi connectivity index (χ1) is 5.65. The summed E-state index contributed by atoms with van der Waals surface area (Å²) in [7, 11) is 6.27. The molecule has 0 unspecified atom stereocenters. The molecule has 1 aromatic rings. The fraction of sp³-hybridized carbons (Fsp3) is 0. The van der Waals surface area contributed by atoms with Gasteiger partial charge >= 0.3 is 0 Å². The Bertz CT molecular complexity index is 320. The van der Waals surface area contributed by atoms with Crippen molar-refractivity contribution in [2.24, 2.45) is 0 Å². The summed E-state index contributed by atoms with van der Waals surface area (Å²) in [6.07, 6.45) is 0. The van der Waals surface area contributed by atoms with Crippen molar-refractivity contribution in [3.63, 3.8) is 0 Å². The Morgan fingerprint density at radius 2 is 2.25 bits per heavy atom. The van der Waals surface area contributed by atoms with E-state index < -0.39 is 4.92 Å². The second-order valence-electron chi connectivity index (χ2n) is 1.95. The zero-order chi connectivity index (χ0) is 9.14. The Labute approximate surface area is 85.9 Å². The number of hydrogen-bond donors (Lipinski definition) is 0. The fourth-order valence-electron chi connectivity index (χ4n) is 0.698. The molecule has 0 N–H and O–H groups in total. The van der Waals surface area contributed by atoms with Gasteiger partial charge in [-0.1, -0.05) is 15.9 Å². The highest BCUT2D eigenvalue weighted by Crippen LogP contribution is 2.33. The van der Waals surface area contributed by atoms with Gasteiger partial charge in [0.05, 0.1) is 4.92 Å². The van der Waals surface area contributed by atoms with E-state index in [1.54, 1.807) is 12.1 Å². The molecule has 0 heterocycles. The third kappa shape index (κ3) is 2.12. The molecule has 3 nitrogen and oxygen atoms in total. The molecular weight excluding hydrogens is 265 g/mol. The Morgan fingerprint density at radius 3 is 2.75 bits per heavy atom. The minimum Gasteiger partial charge on any atom is -0.258 e. The lowest BCUT2D eigenvalue weighted by Gasteiger charge is -1.97. The highest BCUT2D eigenvalue weighted by molar-refractivity contribution is 9.10. The van der Waals surface area contributed by atoms with E-state index >= 15 is 0 Å². The monoisotopic (exact) mass is 267 g/mol. The summed E-state index contributed by atoms with van der Waals surface area (Å²) in [4.78, 5) is 10.4. The Morgan fingerprint density at radius 1 is 1.58 bits per heavy atom. The molecule has 0 spiro atoms. The second kappa shape index (κ2) is 4.11. The van der Waals surface area contributed by atoms with Crippen LogP contribution in [-0.2, 0) is 0 Å². The van der Waals surface area contributed by atoms with Crippen LogP contribution >= 0.6 is 37.6 Å². The zero-order valence-corrected chi connectivity index (χ0v) is 8.82. The van der Waals surface area contributed by atoms with E-state index in [1.807, 2.05) is 0 Å². The number of nitrogens with zero attached hydrogens (tertiary/aromatic N) is 1. The third-order valence-corrected chi connectivity index (χ3v) is 2.70. The first-order valence-electron chi connectivity index (χ1n) is 2.87. The van der Waals surface area contributed by atoms with E-state index in [4.69, 9.17) is 10.7 Å². The summed E-state index contributed by atoms with van der Waals surface area (Å²) in [5, 5.41) is 10.4. The topological polar surface area (TPSA) is 43.1 Å². The average molecular weight is 269 g/mol. The maximum absolute atomic E-state index is 10.4. The van der Waals surface area contributed by atoms with Gasteiger partial charge in [-0.15, -0.1) is 0 Å². The summed E-state index contributed by atoms with van der Waals surface area (Å²) in [6.45, 7) is 0. The van der Waals surface area contributed by atoms with Crippen molar-refractivity contribution in [2.45, 2.75) is 4.90 Å². The van der Waals surface area contributed by atoms with E-state index in [2.05, 4.69) is 15.9 Å². The molecule has 0 aromatic heterocycles. The number of nitro groups is 1. The Kier molecular flexibility index (Phi) is 3.37. The largest absolute Gasteiger partial charge is 0.285 e. The van der Waals surface area contributed by atoms with E-state index in [-0.39, 0.29) is 5.69 Å². The Balaban J connectivity index is 3.21. The molecule has 0 bridgehead atoms. The zero-order valence-electron chi connectivity index (χ0n) is 5.66. The van der Waals surface area contributed by atoms with E-state index in [1.165, 1.54) is 6.07 Å². The number of hydrogen-bond acceptors (Lipinski definition) is 3. The molecule has 0 saturated heterocycles. The highest BCUT2D eigenvalue weighted by atomic mass is 79.9. The highest BCUT2D eigenvalue weighted by Gasteiger charge is 2.13. The van der Waals surface area contributed by atoms with Gasteiger partial charge in [0.25, 0.3) is 5.69 Å². The quantitative estimate of drug-likeness (QED) is 0.608. The van der Waals surface area contributed by atoms with Crippen LogP contribution < -0.4 is 0 Å². The Hall–Kier alpha value is -0.260. The van der Waals surface area contributed by atoms with Crippen molar-refractivity contribution >= 4 is 43.3 Å². The molecule has 0 aliphatic carbocycles. The number of rotatable bonds is 2. The number of halogens is 2. The summed E-state index contributed by atoms with van der Waals surface area (Å²) < 4.78 is 0.670. The van der Waals surface area contributed by atoms with Crippen LogP contribution in [-0.4, -0.2) is 4.92 Å². The number of benzene rings is 1. The normalized spacial score (nSPS) is 9.83. The first kappa shape index (κ1) is 9.83. The van der Waals surface area contributed by atoms with Crippen molar-refractivity contribution in [3.05, 3.63) is 32.8 Å². The average Bonchev–Trinajstić information content (AvgIpc) is 2.04. The summed E-state index contributed by atoms with van der Waals surface area (Å²) >= 11 is 3.14. The van der Waals surface area contributed by atoms with Gasteiger partial charge in [-0.2, -0.15) is 0 Å². The molecule has 0 radical (unpaired) electrons. The summed E-state index contributed by atoms with van der Waals surface area (Å²) in [6, 6.07) is 4.72. The van der Waals surface area contributed by atoms with Gasteiger partial charge in [0, 0.05) is 10.5 Å². The van der Waals surface area contributed by atoms with Gasteiger partial charge in [-0.05, 0) is 33.8 Å². The molecular formula is C6H3BrClNO2S. The van der Waals surface area contributed by atoms with Gasteiger partial charge in [-0.3, -0.25) is 10.1 Å². The SMILES string of the molecule is O=[N+]([O-])c1cc(Br)ccc1SCl. The van der Waals surface area contributed by atoms with E-state index in [9.17, 15) is 10.1 Å². The molecule has 64 valence electrons. The molecule has 0 fully saturated rings. The van der Waals surface area contributed by atoms with Gasteiger partial charge in [0.1, 0.15) is 4.90 Å². The second-order valence-corrected chi connectivity index (χ2v) is 3.92. The van der Waals surface area contributed by atoms with Crippen LogP contribution in [0.5, 0.6) is 0 Å². The fourth-order valence-corrected chi connectivity index (χ4v) is 1.77. The van der Waals surface area contributed by atoms with Crippen molar-refractivity contribution in [1.29, 1.82) is 0 Å². The van der Waals surface area contributed by atoms with E-state index in [0.717, 1.165) is 11.0 Å². The predicted molar refractivity (Wildman–Crippen MR) is 52.5 cm³/mol. The standard InChI is InChI=1S/C6H3BrClNO2S/c7-4-1-2-6(12-8)5(3-4)9(10)11/h1-3H. The third-order valence-electron chi connectivity index (χ3n) is 1.20. The maximum Gasteiger partial charge on any atom is 0.285 e. The smallest absolute Gasteiger partial charge is 0.258 e. The van der Waals surface area contributed by atoms with Crippen LogP contribution in [0.3, 0.4) is 0 Å². The molecule has 1 aromatic carbocycles. The van der Waals surface area contributed by atoms with Gasteiger partial charge < -0.3 is 0 Å². The molecule has 1 rings (SSSR count). The molecule has 0 aliphatic rings. The van der Waals surface area contributed by atoms with Gasteiger partial charge in [0.15, 0.2) is 0 Å². The number of nitro benzene ring substituents is 1. The van der Waals surface area contributed by atoms with Crippen molar-refractivity contribution in [1.82, 2.24) is 0 Å². The minimum atomic E-state index is -0.463. The molecule has 0 aliphatic heterocycles. The molecule has 12 heavy (non-hydrogen) atoms. The maximum atomic E-state index is 10.4. The van der Waals surface area contributed by atoms with Crippen LogP contribution in [0.2, 0.25) is 0 Å². The molecule has 0 saturated carbocycles. The summed E-state index contributed by atoms with van der Waals surface area (Å²) in [5.41, 5.74) is 0.0179. The molecule has 0 amide bonds. The van der Waals surface area contributed by atoms with Crippen LogP contribution in [0.25, 0.3) is 0 Å². The lowest BCUT2D eigenvalue weighted by Crippen LogP contribution is -1.89. The summed E-state index contributed by atoms with van der Waals surface area (Å²) in [5.74, 6) is 0. The molecule has 6 heteroatoms. The lowest BCUT2D eigenvalue weighted by molar-refractivity contribution is -0.387. The van der Waals surface area contributed by atoms with E-state index in [0.29, 0.717) is 9.37 Å². The minimum absolute atomic E-state index is 0.0179. The van der Waals surface area contributed by atoms with Crippen molar-refractivity contribution < 1.29 is 4.92 Å². The van der Waals surface area contributed by atoms with Crippen LogP contribution in [0.1, 0.15) is 0 Å². The van der Waals surface area contributed by atoms with Crippen molar-refractivity contribution in [2.75, 3.05) is 0 Å². The lowest BCUT2D eigenvalue weighted by atomic mass is 10.3. The first-order valence-corrected chi connectivity index (χ1v) is 5.31. The van der Waals surface area contributed by atoms with Crippen LogP contribution in [0, 0.1) is 10.1 Å². The van der Waals surface area contributed by atoms with Crippen LogP contribution in [0.4, 0.5) is 5.69 Å². The van der Waals surface area contributed by atoms with Crippen LogP contribution in [0.15, 0.2) is 27.6 Å². The predicted octanol–water partition coefficient (Wildman–Crippen LogP) is 3.60. The van der Waals surface area contributed by atoms with Gasteiger partial charge in [-0.25, -0.2) is 0 Å². The van der Waals surface area contributed by atoms with Crippen molar-refractivity contribution in [3.8, 4) is 0 Å². The van der Waals surface area contributed by atoms with Gasteiger partial charge in [0.2, 0.25) is 0 Å². The molecule has 0 atom stereocenters.